The monoisotopic (exact) mass is 389 g/mol. The fourth-order valence-electron chi connectivity index (χ4n) is 3.77. The van der Waals surface area contributed by atoms with Gasteiger partial charge < -0.3 is 14.7 Å². The number of nitrogens with zero attached hydrogens (tertiary/aromatic N) is 2. The van der Waals surface area contributed by atoms with Crippen molar-refractivity contribution in [1.29, 1.82) is 0 Å². The molecule has 0 bridgehead atoms. The molecule has 6 heteroatoms. The first-order valence-electron chi connectivity index (χ1n) is 9.69. The van der Waals surface area contributed by atoms with Gasteiger partial charge in [0.1, 0.15) is 11.8 Å². The molecule has 1 aromatic heterocycles. The van der Waals surface area contributed by atoms with E-state index in [0.29, 0.717) is 18.6 Å². The smallest absolute Gasteiger partial charge is 0.274 e. The molecule has 0 unspecified atom stereocenters. The van der Waals surface area contributed by atoms with Crippen molar-refractivity contribution in [3.8, 4) is 0 Å². The zero-order valence-corrected chi connectivity index (χ0v) is 16.5. The van der Waals surface area contributed by atoms with Crippen LogP contribution in [0.25, 0.3) is 0 Å². The first kappa shape index (κ1) is 18.9. The predicted molar refractivity (Wildman–Crippen MR) is 110 cm³/mol. The molecule has 2 heterocycles. The topological polar surface area (TPSA) is 75.4 Å². The average molecular weight is 389 g/mol. The summed E-state index contributed by atoms with van der Waals surface area (Å²) in [5.74, 6) is 0.0146. The second kappa shape index (κ2) is 7.91. The van der Waals surface area contributed by atoms with Crippen LogP contribution >= 0.6 is 0 Å². The summed E-state index contributed by atoms with van der Waals surface area (Å²) in [6.07, 6.45) is 1.26. The highest BCUT2D eigenvalue weighted by molar-refractivity contribution is 6.02. The Balaban J connectivity index is 1.49. The SMILES string of the molecule is C[C@@H]1Cc2ccccc2N(C)C(=O)[C@@H]1NC(=O)c1cc(Cc2ccccc2)on1. The molecule has 0 spiro atoms. The largest absolute Gasteiger partial charge is 0.360 e. The zero-order chi connectivity index (χ0) is 20.4. The second-order valence-electron chi connectivity index (χ2n) is 7.50. The van der Waals surface area contributed by atoms with Crippen LogP contribution in [0.2, 0.25) is 0 Å². The molecule has 2 amide bonds. The van der Waals surface area contributed by atoms with Crippen molar-refractivity contribution < 1.29 is 14.1 Å². The molecule has 2 aromatic carbocycles. The van der Waals surface area contributed by atoms with Gasteiger partial charge in [-0.1, -0.05) is 60.6 Å². The van der Waals surface area contributed by atoms with Crippen LogP contribution in [0.4, 0.5) is 5.69 Å². The fraction of sp³-hybridized carbons (Fsp3) is 0.261. The number of carbonyl (C=O) groups is 2. The molecule has 0 radical (unpaired) electrons. The maximum Gasteiger partial charge on any atom is 0.274 e. The quantitative estimate of drug-likeness (QED) is 0.743. The highest BCUT2D eigenvalue weighted by Gasteiger charge is 2.34. The van der Waals surface area contributed by atoms with Gasteiger partial charge in [-0.15, -0.1) is 0 Å². The molecule has 2 atom stereocenters. The van der Waals surface area contributed by atoms with Gasteiger partial charge in [-0.3, -0.25) is 9.59 Å². The van der Waals surface area contributed by atoms with Crippen LogP contribution < -0.4 is 10.2 Å². The van der Waals surface area contributed by atoms with Crippen molar-refractivity contribution in [2.75, 3.05) is 11.9 Å². The number of nitrogens with one attached hydrogen (secondary N) is 1. The molecule has 29 heavy (non-hydrogen) atoms. The van der Waals surface area contributed by atoms with Gasteiger partial charge >= 0.3 is 0 Å². The number of carbonyl (C=O) groups excluding carboxylic acids is 2. The molecule has 4 rings (SSSR count). The number of anilines is 1. The van der Waals surface area contributed by atoms with Gasteiger partial charge in [0.25, 0.3) is 5.91 Å². The summed E-state index contributed by atoms with van der Waals surface area (Å²) >= 11 is 0. The zero-order valence-electron chi connectivity index (χ0n) is 16.5. The number of aromatic nitrogens is 1. The molecule has 1 aliphatic heterocycles. The molecule has 0 saturated carbocycles. The minimum absolute atomic E-state index is 0.0479. The summed E-state index contributed by atoms with van der Waals surface area (Å²) in [5, 5.41) is 6.76. The lowest BCUT2D eigenvalue weighted by Gasteiger charge is -2.24. The van der Waals surface area contributed by atoms with E-state index in [0.717, 1.165) is 16.8 Å². The lowest BCUT2D eigenvalue weighted by atomic mass is 9.94. The van der Waals surface area contributed by atoms with Gasteiger partial charge in [0.05, 0.1) is 0 Å². The summed E-state index contributed by atoms with van der Waals surface area (Å²) in [6, 6.07) is 18.7. The molecular formula is C23H23N3O3. The Kier molecular flexibility index (Phi) is 5.16. The summed E-state index contributed by atoms with van der Waals surface area (Å²) in [4.78, 5) is 27.4. The number of hydrogen-bond donors (Lipinski definition) is 1. The van der Waals surface area contributed by atoms with E-state index in [2.05, 4.69) is 10.5 Å². The molecule has 3 aromatic rings. The van der Waals surface area contributed by atoms with Crippen LogP contribution in [0.15, 0.2) is 65.2 Å². The van der Waals surface area contributed by atoms with Crippen molar-refractivity contribution in [2.45, 2.75) is 25.8 Å². The Morgan fingerprint density at radius 3 is 2.69 bits per heavy atom. The van der Waals surface area contributed by atoms with E-state index in [4.69, 9.17) is 4.52 Å². The molecule has 1 aliphatic rings. The van der Waals surface area contributed by atoms with E-state index in [-0.39, 0.29) is 17.5 Å². The van der Waals surface area contributed by atoms with E-state index in [1.54, 1.807) is 18.0 Å². The number of fused-ring (bicyclic) bond motifs is 1. The van der Waals surface area contributed by atoms with E-state index < -0.39 is 11.9 Å². The standard InChI is InChI=1S/C23H23N3O3/c1-15-12-17-10-6-7-11-20(17)26(2)23(28)21(15)24-22(27)19-14-18(29-25-19)13-16-8-4-3-5-9-16/h3-11,14-15,21H,12-13H2,1-2H3,(H,24,27)/t15-,21-/m1/s1. The van der Waals surface area contributed by atoms with Gasteiger partial charge in [-0.2, -0.15) is 0 Å². The van der Waals surface area contributed by atoms with Crippen molar-refractivity contribution in [1.82, 2.24) is 10.5 Å². The van der Waals surface area contributed by atoms with Crippen LogP contribution in [0, 0.1) is 5.92 Å². The van der Waals surface area contributed by atoms with Gasteiger partial charge in [0.2, 0.25) is 5.91 Å². The Hall–Kier alpha value is -3.41. The third-order valence-corrected chi connectivity index (χ3v) is 5.36. The van der Waals surface area contributed by atoms with E-state index in [1.165, 1.54) is 0 Å². The molecule has 0 fully saturated rings. The Bertz CT molecular complexity index is 1030. The maximum atomic E-state index is 13.0. The number of likely N-dealkylation sites (N-methyl/N-ethyl adjacent to an activating group) is 1. The molecular weight excluding hydrogens is 366 g/mol. The highest BCUT2D eigenvalue weighted by Crippen LogP contribution is 2.28. The van der Waals surface area contributed by atoms with Crippen LogP contribution in [-0.4, -0.2) is 30.1 Å². The van der Waals surface area contributed by atoms with E-state index in [9.17, 15) is 9.59 Å². The van der Waals surface area contributed by atoms with Gasteiger partial charge in [-0.05, 0) is 29.5 Å². The first-order chi connectivity index (χ1) is 14.0. The molecule has 0 aliphatic carbocycles. The van der Waals surface area contributed by atoms with Gasteiger partial charge in [0, 0.05) is 25.2 Å². The maximum absolute atomic E-state index is 13.0. The van der Waals surface area contributed by atoms with Crippen molar-refractivity contribution in [3.63, 3.8) is 0 Å². The molecule has 148 valence electrons. The number of benzene rings is 2. The molecule has 6 nitrogen and oxygen atoms in total. The molecule has 1 N–H and O–H groups in total. The third kappa shape index (κ3) is 3.92. The van der Waals surface area contributed by atoms with E-state index in [1.807, 2.05) is 61.5 Å². The minimum Gasteiger partial charge on any atom is -0.360 e. The van der Waals surface area contributed by atoms with Gasteiger partial charge in [0.15, 0.2) is 5.69 Å². The minimum atomic E-state index is -0.630. The summed E-state index contributed by atoms with van der Waals surface area (Å²) in [5.41, 5.74) is 3.23. The highest BCUT2D eigenvalue weighted by atomic mass is 16.5. The number of amides is 2. The van der Waals surface area contributed by atoms with Crippen LogP contribution in [-0.2, 0) is 17.6 Å². The van der Waals surface area contributed by atoms with E-state index >= 15 is 0 Å². The fourth-order valence-corrected chi connectivity index (χ4v) is 3.77. The lowest BCUT2D eigenvalue weighted by Crippen LogP contribution is -2.50. The average Bonchev–Trinajstić information content (AvgIpc) is 3.17. The Labute approximate surface area is 169 Å². The summed E-state index contributed by atoms with van der Waals surface area (Å²) in [7, 11) is 1.74. The predicted octanol–water partition coefficient (Wildman–Crippen LogP) is 3.22. The number of rotatable bonds is 4. The summed E-state index contributed by atoms with van der Waals surface area (Å²) in [6.45, 7) is 1.97. The number of hydrogen-bond acceptors (Lipinski definition) is 4. The van der Waals surface area contributed by atoms with Crippen molar-refractivity contribution in [3.05, 3.63) is 83.2 Å². The molecule has 0 saturated heterocycles. The van der Waals surface area contributed by atoms with Gasteiger partial charge in [-0.25, -0.2) is 0 Å². The first-order valence-corrected chi connectivity index (χ1v) is 9.69. The lowest BCUT2D eigenvalue weighted by molar-refractivity contribution is -0.121. The van der Waals surface area contributed by atoms with Crippen molar-refractivity contribution >= 4 is 17.5 Å². The summed E-state index contributed by atoms with van der Waals surface area (Å²) < 4.78 is 5.32. The Morgan fingerprint density at radius 2 is 1.90 bits per heavy atom. The van der Waals surface area contributed by atoms with Crippen LogP contribution in [0.5, 0.6) is 0 Å². The Morgan fingerprint density at radius 1 is 1.17 bits per heavy atom. The van der Waals surface area contributed by atoms with Crippen LogP contribution in [0.3, 0.4) is 0 Å². The van der Waals surface area contributed by atoms with Crippen molar-refractivity contribution in [2.24, 2.45) is 5.92 Å². The normalized spacial score (nSPS) is 18.8. The third-order valence-electron chi connectivity index (χ3n) is 5.36. The second-order valence-corrected chi connectivity index (χ2v) is 7.50. The number of para-hydroxylation sites is 1. The van der Waals surface area contributed by atoms with Crippen LogP contribution in [0.1, 0.15) is 34.3 Å².